The van der Waals surface area contributed by atoms with E-state index in [4.69, 9.17) is 5.73 Å². The Balaban J connectivity index is 2.08. The monoisotopic (exact) mass is 255 g/mol. The van der Waals surface area contributed by atoms with Crippen LogP contribution in [0.5, 0.6) is 0 Å². The van der Waals surface area contributed by atoms with Gasteiger partial charge in [0.25, 0.3) is 0 Å². The Morgan fingerprint density at radius 3 is 2.17 bits per heavy atom. The first-order valence-corrected chi connectivity index (χ1v) is 6.83. The highest BCUT2D eigenvalue weighted by atomic mass is 16.2. The molecule has 0 aromatic heterocycles. The minimum Gasteiger partial charge on any atom is -0.355 e. The predicted molar refractivity (Wildman–Crippen MR) is 70.8 cm³/mol. The van der Waals surface area contributed by atoms with E-state index >= 15 is 0 Å². The van der Waals surface area contributed by atoms with Crippen LogP contribution < -0.4 is 16.4 Å². The maximum atomic E-state index is 11.7. The molecule has 1 aliphatic carbocycles. The molecule has 0 spiro atoms. The molecule has 1 rings (SSSR count). The van der Waals surface area contributed by atoms with Crippen molar-refractivity contribution in [1.29, 1.82) is 0 Å². The molecular formula is C13H25N3O2. The number of hydrogen-bond donors (Lipinski definition) is 3. The fourth-order valence-corrected chi connectivity index (χ4v) is 2.45. The van der Waals surface area contributed by atoms with Crippen LogP contribution in [0.3, 0.4) is 0 Å². The molecule has 1 fully saturated rings. The van der Waals surface area contributed by atoms with Crippen LogP contribution >= 0.6 is 0 Å². The number of nitrogens with one attached hydrogen (secondary N) is 2. The minimum absolute atomic E-state index is 0.0654. The molecule has 104 valence electrons. The van der Waals surface area contributed by atoms with Crippen molar-refractivity contribution in [2.24, 2.45) is 17.6 Å². The van der Waals surface area contributed by atoms with Crippen molar-refractivity contribution < 1.29 is 9.59 Å². The fourth-order valence-electron chi connectivity index (χ4n) is 2.45. The Morgan fingerprint density at radius 2 is 1.61 bits per heavy atom. The first-order valence-electron chi connectivity index (χ1n) is 6.83. The first-order chi connectivity index (χ1) is 8.61. The number of hydrogen-bond acceptors (Lipinski definition) is 3. The van der Waals surface area contributed by atoms with E-state index in [1.54, 1.807) is 0 Å². The Morgan fingerprint density at radius 1 is 1.06 bits per heavy atom. The standard InChI is InChI=1S/C13H25N3O2/c1-10(17)15-6-7-16-13(18)8-11-2-4-12(9-14)5-3-11/h11-12H,2-9,14H2,1H3,(H,15,17)(H,16,18). The molecule has 5 heteroatoms. The van der Waals surface area contributed by atoms with Crippen molar-refractivity contribution in [3.05, 3.63) is 0 Å². The normalized spacial score (nSPS) is 23.4. The lowest BCUT2D eigenvalue weighted by molar-refractivity contribution is -0.123. The Hall–Kier alpha value is -1.10. The van der Waals surface area contributed by atoms with Crippen molar-refractivity contribution in [2.45, 2.75) is 39.0 Å². The van der Waals surface area contributed by atoms with Crippen molar-refractivity contribution in [1.82, 2.24) is 10.6 Å². The lowest BCUT2D eigenvalue weighted by Crippen LogP contribution is -2.35. The summed E-state index contributed by atoms with van der Waals surface area (Å²) in [7, 11) is 0. The molecule has 18 heavy (non-hydrogen) atoms. The summed E-state index contributed by atoms with van der Waals surface area (Å²) in [6, 6.07) is 0. The summed E-state index contributed by atoms with van der Waals surface area (Å²) in [5, 5.41) is 5.48. The lowest BCUT2D eigenvalue weighted by atomic mass is 9.80. The third-order valence-corrected chi connectivity index (χ3v) is 3.59. The number of carbonyl (C=O) groups excluding carboxylic acids is 2. The molecule has 0 radical (unpaired) electrons. The smallest absolute Gasteiger partial charge is 0.220 e. The molecule has 1 aliphatic rings. The van der Waals surface area contributed by atoms with E-state index in [0.717, 1.165) is 32.2 Å². The number of amides is 2. The zero-order valence-electron chi connectivity index (χ0n) is 11.2. The van der Waals surface area contributed by atoms with Crippen LogP contribution in [-0.2, 0) is 9.59 Å². The summed E-state index contributed by atoms with van der Waals surface area (Å²) in [6.45, 7) is 3.25. The van der Waals surface area contributed by atoms with Gasteiger partial charge in [-0.2, -0.15) is 0 Å². The molecule has 1 saturated carbocycles. The summed E-state index contributed by atoms with van der Waals surface area (Å²) in [6.07, 6.45) is 5.14. The summed E-state index contributed by atoms with van der Waals surface area (Å²) >= 11 is 0. The van der Waals surface area contributed by atoms with Gasteiger partial charge in [-0.05, 0) is 44.1 Å². The van der Waals surface area contributed by atoms with E-state index in [1.165, 1.54) is 6.92 Å². The Kier molecular flexibility index (Phi) is 6.72. The number of carbonyl (C=O) groups is 2. The molecule has 0 atom stereocenters. The van der Waals surface area contributed by atoms with Gasteiger partial charge in [0.2, 0.25) is 11.8 Å². The molecule has 0 heterocycles. The van der Waals surface area contributed by atoms with Crippen molar-refractivity contribution in [2.75, 3.05) is 19.6 Å². The second-order valence-electron chi connectivity index (χ2n) is 5.16. The van der Waals surface area contributed by atoms with Crippen LogP contribution in [0.15, 0.2) is 0 Å². The highest BCUT2D eigenvalue weighted by Crippen LogP contribution is 2.29. The number of rotatable bonds is 6. The topological polar surface area (TPSA) is 84.2 Å². The third kappa shape index (κ3) is 6.00. The minimum atomic E-state index is -0.0654. The van der Waals surface area contributed by atoms with Gasteiger partial charge >= 0.3 is 0 Å². The highest BCUT2D eigenvalue weighted by molar-refractivity contribution is 5.76. The molecule has 4 N–H and O–H groups in total. The molecular weight excluding hydrogens is 230 g/mol. The van der Waals surface area contributed by atoms with E-state index < -0.39 is 0 Å². The van der Waals surface area contributed by atoms with Gasteiger partial charge in [0.05, 0.1) is 0 Å². The van der Waals surface area contributed by atoms with Crippen LogP contribution in [0.4, 0.5) is 0 Å². The predicted octanol–water partition coefficient (Wildman–Crippen LogP) is 0.394. The van der Waals surface area contributed by atoms with Gasteiger partial charge in [-0.1, -0.05) is 0 Å². The van der Waals surface area contributed by atoms with E-state index in [0.29, 0.717) is 31.3 Å². The second kappa shape index (κ2) is 8.08. The summed E-state index contributed by atoms with van der Waals surface area (Å²) in [5.41, 5.74) is 5.64. The molecule has 0 saturated heterocycles. The van der Waals surface area contributed by atoms with E-state index in [2.05, 4.69) is 10.6 Å². The van der Waals surface area contributed by atoms with Crippen LogP contribution in [0.1, 0.15) is 39.0 Å². The molecule has 0 bridgehead atoms. The van der Waals surface area contributed by atoms with Gasteiger partial charge in [-0.25, -0.2) is 0 Å². The van der Waals surface area contributed by atoms with Gasteiger partial charge in [-0.3, -0.25) is 9.59 Å². The summed E-state index contributed by atoms with van der Waals surface area (Å²) in [5.74, 6) is 1.19. The fraction of sp³-hybridized carbons (Fsp3) is 0.846. The largest absolute Gasteiger partial charge is 0.355 e. The van der Waals surface area contributed by atoms with Gasteiger partial charge in [0.1, 0.15) is 0 Å². The van der Waals surface area contributed by atoms with Crippen LogP contribution in [0, 0.1) is 11.8 Å². The van der Waals surface area contributed by atoms with Gasteiger partial charge < -0.3 is 16.4 Å². The average molecular weight is 255 g/mol. The average Bonchev–Trinajstić information content (AvgIpc) is 2.35. The van der Waals surface area contributed by atoms with Crippen molar-refractivity contribution >= 4 is 11.8 Å². The Labute approximate surface area is 109 Å². The number of nitrogens with two attached hydrogens (primary N) is 1. The van der Waals surface area contributed by atoms with Crippen LogP contribution in [-0.4, -0.2) is 31.4 Å². The summed E-state index contributed by atoms with van der Waals surface area (Å²) < 4.78 is 0. The molecule has 0 aromatic rings. The van der Waals surface area contributed by atoms with Crippen LogP contribution in [0.25, 0.3) is 0 Å². The first kappa shape index (κ1) is 15.0. The molecule has 0 aromatic carbocycles. The SMILES string of the molecule is CC(=O)NCCNC(=O)CC1CCC(CN)CC1. The lowest BCUT2D eigenvalue weighted by Gasteiger charge is -2.27. The molecule has 5 nitrogen and oxygen atoms in total. The maximum Gasteiger partial charge on any atom is 0.220 e. The molecule has 2 amide bonds. The zero-order chi connectivity index (χ0) is 13.4. The third-order valence-electron chi connectivity index (χ3n) is 3.59. The maximum absolute atomic E-state index is 11.7. The van der Waals surface area contributed by atoms with Gasteiger partial charge in [0.15, 0.2) is 0 Å². The van der Waals surface area contributed by atoms with E-state index in [9.17, 15) is 9.59 Å². The van der Waals surface area contributed by atoms with Gasteiger partial charge in [0, 0.05) is 26.4 Å². The van der Waals surface area contributed by atoms with Crippen molar-refractivity contribution in [3.8, 4) is 0 Å². The highest BCUT2D eigenvalue weighted by Gasteiger charge is 2.21. The molecule has 0 unspecified atom stereocenters. The van der Waals surface area contributed by atoms with E-state index in [-0.39, 0.29) is 11.8 Å². The van der Waals surface area contributed by atoms with Crippen LogP contribution in [0.2, 0.25) is 0 Å². The van der Waals surface area contributed by atoms with Gasteiger partial charge in [-0.15, -0.1) is 0 Å². The Bertz CT molecular complexity index is 273. The molecule has 0 aliphatic heterocycles. The summed E-state index contributed by atoms with van der Waals surface area (Å²) in [4.78, 5) is 22.3. The van der Waals surface area contributed by atoms with E-state index in [1.807, 2.05) is 0 Å². The quantitative estimate of drug-likeness (QED) is 0.600. The van der Waals surface area contributed by atoms with Crippen molar-refractivity contribution in [3.63, 3.8) is 0 Å². The second-order valence-corrected chi connectivity index (χ2v) is 5.16. The zero-order valence-corrected chi connectivity index (χ0v) is 11.2.